The van der Waals surface area contributed by atoms with Gasteiger partial charge in [-0.05, 0) is 64.4 Å². The number of benzene rings is 2. The molecule has 1 aliphatic carbocycles. The predicted octanol–water partition coefficient (Wildman–Crippen LogP) is 1.82. The highest BCUT2D eigenvalue weighted by molar-refractivity contribution is 14.1. The van der Waals surface area contributed by atoms with Gasteiger partial charge < -0.3 is 44.5 Å². The number of aliphatic hydroxyl groups is 3. The van der Waals surface area contributed by atoms with Crippen LogP contribution in [0.1, 0.15) is 24.0 Å². The minimum atomic E-state index is -1.21. The number of ether oxygens (including phenoxy) is 4. The zero-order valence-corrected chi connectivity index (χ0v) is 26.2. The van der Waals surface area contributed by atoms with Crippen LogP contribution >= 0.6 is 22.6 Å². The lowest BCUT2D eigenvalue weighted by Crippen LogP contribution is -2.55. The topological polar surface area (TPSA) is 147 Å². The Labute approximate surface area is 259 Å². The van der Waals surface area contributed by atoms with Crippen LogP contribution in [-0.4, -0.2) is 97.9 Å². The lowest BCUT2D eigenvalue weighted by atomic mass is 9.87. The smallest absolute Gasteiger partial charge is 0.247 e. The van der Waals surface area contributed by atoms with Gasteiger partial charge in [-0.25, -0.2) is 0 Å². The normalized spacial score (nSPS) is 18.2. The van der Waals surface area contributed by atoms with E-state index in [0.29, 0.717) is 38.4 Å². The summed E-state index contributed by atoms with van der Waals surface area (Å²) in [5.41, 5.74) is 1.82. The lowest BCUT2D eigenvalue weighted by Gasteiger charge is -2.41. The Morgan fingerprint density at radius 1 is 1.10 bits per heavy atom. The van der Waals surface area contributed by atoms with E-state index in [1.54, 1.807) is 30.2 Å². The molecule has 4 N–H and O–H groups in total. The van der Waals surface area contributed by atoms with E-state index >= 15 is 0 Å². The van der Waals surface area contributed by atoms with Crippen LogP contribution in [0.5, 0.6) is 17.2 Å². The molecule has 2 amide bonds. The maximum absolute atomic E-state index is 13.5. The first-order chi connectivity index (χ1) is 20.3. The molecular formula is C30H39IN2O9. The molecule has 0 saturated carbocycles. The molecule has 0 spiro atoms. The molecule has 2 aromatic rings. The number of rotatable bonds is 15. The van der Waals surface area contributed by atoms with Gasteiger partial charge in [-0.15, -0.1) is 0 Å². The van der Waals surface area contributed by atoms with Crippen molar-refractivity contribution in [2.75, 3.05) is 47.6 Å². The van der Waals surface area contributed by atoms with Crippen molar-refractivity contribution in [1.82, 2.24) is 10.2 Å². The molecule has 3 rings (SSSR count). The van der Waals surface area contributed by atoms with Crippen LogP contribution in [0.25, 0.3) is 0 Å². The Bertz CT molecular complexity index is 1240. The van der Waals surface area contributed by atoms with Gasteiger partial charge in [0.2, 0.25) is 11.8 Å². The van der Waals surface area contributed by atoms with Crippen molar-refractivity contribution in [2.24, 2.45) is 0 Å². The van der Waals surface area contributed by atoms with Crippen molar-refractivity contribution in [2.45, 2.75) is 44.1 Å². The van der Waals surface area contributed by atoms with Gasteiger partial charge in [0.05, 0.1) is 50.1 Å². The molecule has 0 bridgehead atoms. The second-order valence-electron chi connectivity index (χ2n) is 9.67. The van der Waals surface area contributed by atoms with Gasteiger partial charge in [0, 0.05) is 32.2 Å². The number of amides is 2. The molecule has 12 heteroatoms. The summed E-state index contributed by atoms with van der Waals surface area (Å²) in [7, 11) is 4.56. The second-order valence-corrected chi connectivity index (χ2v) is 10.8. The Morgan fingerprint density at radius 3 is 2.50 bits per heavy atom. The number of nitrogens with one attached hydrogen (secondary N) is 1. The Morgan fingerprint density at radius 2 is 1.83 bits per heavy atom. The molecule has 3 unspecified atom stereocenters. The van der Waals surface area contributed by atoms with E-state index in [-0.39, 0.29) is 51.7 Å². The van der Waals surface area contributed by atoms with Gasteiger partial charge in [0.15, 0.2) is 11.5 Å². The molecule has 3 atom stereocenters. The number of hydrogen-bond donors (Lipinski definition) is 4. The summed E-state index contributed by atoms with van der Waals surface area (Å²) in [6.07, 6.45) is -0.0863. The monoisotopic (exact) mass is 698 g/mol. The lowest BCUT2D eigenvalue weighted by molar-refractivity contribution is -0.139. The van der Waals surface area contributed by atoms with Crippen LogP contribution in [0.4, 0.5) is 0 Å². The highest BCUT2D eigenvalue weighted by Crippen LogP contribution is 2.37. The van der Waals surface area contributed by atoms with Crippen LogP contribution < -0.4 is 19.5 Å². The van der Waals surface area contributed by atoms with Crippen LogP contribution in [0, 0.1) is 3.57 Å². The fourth-order valence-electron chi connectivity index (χ4n) is 4.85. The number of methoxy groups -OCH3 is 3. The highest BCUT2D eigenvalue weighted by Gasteiger charge is 2.40. The largest absolute Gasteiger partial charge is 0.496 e. The predicted molar refractivity (Wildman–Crippen MR) is 164 cm³/mol. The fraction of sp³-hybridized carbons (Fsp3) is 0.467. The zero-order valence-electron chi connectivity index (χ0n) is 24.0. The van der Waals surface area contributed by atoms with E-state index in [0.717, 1.165) is 5.56 Å². The van der Waals surface area contributed by atoms with Gasteiger partial charge in [0.25, 0.3) is 0 Å². The molecule has 0 radical (unpaired) electrons. The van der Waals surface area contributed by atoms with Crippen LogP contribution in [0.3, 0.4) is 0 Å². The first-order valence-electron chi connectivity index (χ1n) is 13.6. The molecule has 0 fully saturated rings. The van der Waals surface area contributed by atoms with Crippen molar-refractivity contribution in [1.29, 1.82) is 0 Å². The van der Waals surface area contributed by atoms with Crippen molar-refractivity contribution in [3.05, 3.63) is 62.7 Å². The zero-order chi connectivity index (χ0) is 30.6. The maximum atomic E-state index is 13.5. The number of para-hydroxylation sites is 1. The average Bonchev–Trinajstić information content (AvgIpc) is 3.00. The van der Waals surface area contributed by atoms with Crippen molar-refractivity contribution < 1.29 is 43.9 Å². The third kappa shape index (κ3) is 8.57. The van der Waals surface area contributed by atoms with Crippen molar-refractivity contribution in [3.8, 4) is 17.2 Å². The summed E-state index contributed by atoms with van der Waals surface area (Å²) in [6.45, 7) is 0.0558. The molecule has 11 nitrogen and oxygen atoms in total. The number of aliphatic hydroxyl groups excluding tert-OH is 3. The molecule has 0 saturated heterocycles. The molecule has 0 aromatic heterocycles. The third-order valence-electron chi connectivity index (χ3n) is 7.00. The van der Waals surface area contributed by atoms with Crippen molar-refractivity contribution in [3.63, 3.8) is 0 Å². The number of carbonyl (C=O) groups excluding carboxylic acids is 2. The molecule has 0 heterocycles. The summed E-state index contributed by atoms with van der Waals surface area (Å²) in [5.74, 6) is 0.692. The fourth-order valence-corrected chi connectivity index (χ4v) is 5.65. The molecular weight excluding hydrogens is 659 g/mol. The molecule has 42 heavy (non-hydrogen) atoms. The van der Waals surface area contributed by atoms with E-state index in [4.69, 9.17) is 18.9 Å². The summed E-state index contributed by atoms with van der Waals surface area (Å²) >= 11 is 2.05. The second kappa shape index (κ2) is 16.7. The van der Waals surface area contributed by atoms with Gasteiger partial charge in [-0.1, -0.05) is 18.2 Å². The van der Waals surface area contributed by atoms with Crippen LogP contribution in [-0.2, 0) is 27.4 Å². The van der Waals surface area contributed by atoms with E-state index in [1.807, 2.05) is 24.3 Å². The van der Waals surface area contributed by atoms with Gasteiger partial charge >= 0.3 is 0 Å². The van der Waals surface area contributed by atoms with Crippen LogP contribution in [0.2, 0.25) is 0 Å². The Hall–Kier alpha value is -2.91. The minimum Gasteiger partial charge on any atom is -0.496 e. The van der Waals surface area contributed by atoms with Gasteiger partial charge in [-0.3, -0.25) is 9.59 Å². The summed E-state index contributed by atoms with van der Waals surface area (Å²) in [5, 5.41) is 33.2. The molecule has 1 aliphatic rings. The number of halogens is 1. The Balaban J connectivity index is 2.00. The summed E-state index contributed by atoms with van der Waals surface area (Å²) in [4.78, 5) is 28.2. The first kappa shape index (κ1) is 33.6. The van der Waals surface area contributed by atoms with Crippen molar-refractivity contribution >= 4 is 34.4 Å². The molecule has 2 aromatic carbocycles. The molecule has 230 valence electrons. The number of hydrogen-bond acceptors (Lipinski definition) is 9. The summed E-state index contributed by atoms with van der Waals surface area (Å²) < 4.78 is 23.1. The van der Waals surface area contributed by atoms with Crippen LogP contribution in [0.15, 0.2) is 48.0 Å². The third-order valence-corrected chi connectivity index (χ3v) is 7.80. The van der Waals surface area contributed by atoms with E-state index in [9.17, 15) is 24.9 Å². The van der Waals surface area contributed by atoms with Gasteiger partial charge in [0.1, 0.15) is 18.0 Å². The minimum absolute atomic E-state index is 0.0492. The number of carbonyl (C=O) groups is 2. The standard InChI is InChI=1S/C30H39IN2O9/c1-39-13-9-27(36)33(11-8-20-6-4-5-7-24(20)40-2)23-16-21(30(38)32-10-12-34)17-25(28(23)37)42-29-22(31)14-19(18-35)15-26(29)41-3/h4-7,14-15,17,23,25,28,34-35,37H,8-13,16,18H2,1-3H3,(H,32,38). The average molecular weight is 699 g/mol. The van der Waals surface area contributed by atoms with Gasteiger partial charge in [-0.2, -0.15) is 0 Å². The van der Waals surface area contributed by atoms with E-state index < -0.39 is 24.2 Å². The van der Waals surface area contributed by atoms with E-state index in [2.05, 4.69) is 27.9 Å². The SMILES string of the molecule is COCCC(=O)N(CCc1ccccc1OC)C1CC(C(=O)NCCO)=CC(Oc2c(I)cc(CO)cc2OC)C1O. The highest BCUT2D eigenvalue weighted by atomic mass is 127. The number of nitrogens with zero attached hydrogens (tertiary/aromatic N) is 1. The maximum Gasteiger partial charge on any atom is 0.247 e. The van der Waals surface area contributed by atoms with E-state index in [1.165, 1.54) is 14.2 Å². The first-order valence-corrected chi connectivity index (χ1v) is 14.7. The summed E-state index contributed by atoms with van der Waals surface area (Å²) in [6, 6.07) is 10.1. The molecule has 0 aliphatic heterocycles. The Kier molecular flexibility index (Phi) is 13.3. The quantitative estimate of drug-likeness (QED) is 0.205.